The molecule has 0 saturated heterocycles. The fraction of sp³-hybridized carbons (Fsp3) is 0.733. The topological polar surface area (TPSA) is 50.3 Å². The maximum atomic E-state index is 5.46. The van der Waals surface area contributed by atoms with Gasteiger partial charge in [0.15, 0.2) is 0 Å². The molecule has 5 heteroatoms. The highest BCUT2D eigenvalue weighted by molar-refractivity contribution is 5.47. The van der Waals surface area contributed by atoms with Crippen molar-refractivity contribution in [2.75, 3.05) is 32.1 Å². The normalized spacial score (nSPS) is 11.2. The average Bonchev–Trinajstić information content (AvgIpc) is 2.42. The number of hydrogen-bond donors (Lipinski definition) is 1. The van der Waals surface area contributed by atoms with Crippen LogP contribution in [0.15, 0.2) is 6.33 Å². The van der Waals surface area contributed by atoms with Crippen molar-refractivity contribution in [2.45, 2.75) is 46.6 Å². The fourth-order valence-electron chi connectivity index (χ4n) is 1.85. The molecule has 114 valence electrons. The molecule has 0 aliphatic heterocycles. The van der Waals surface area contributed by atoms with Gasteiger partial charge in [0.05, 0.1) is 12.2 Å². The second-order valence-corrected chi connectivity index (χ2v) is 5.29. The van der Waals surface area contributed by atoms with E-state index in [-0.39, 0.29) is 0 Å². The monoisotopic (exact) mass is 280 g/mol. The molecular formula is C15H28N4O. The van der Waals surface area contributed by atoms with Crippen molar-refractivity contribution in [3.63, 3.8) is 0 Å². The van der Waals surface area contributed by atoms with E-state index in [9.17, 15) is 0 Å². The van der Waals surface area contributed by atoms with E-state index in [4.69, 9.17) is 4.74 Å². The van der Waals surface area contributed by atoms with Crippen molar-refractivity contribution < 1.29 is 4.74 Å². The summed E-state index contributed by atoms with van der Waals surface area (Å²) in [6.45, 7) is 11.1. The van der Waals surface area contributed by atoms with E-state index < -0.39 is 0 Å². The second-order valence-electron chi connectivity index (χ2n) is 5.29. The number of nitrogens with zero attached hydrogens (tertiary/aromatic N) is 3. The Hall–Kier alpha value is -1.36. The van der Waals surface area contributed by atoms with Crippen LogP contribution in [-0.2, 0) is 0 Å². The minimum atomic E-state index is 0.612. The van der Waals surface area contributed by atoms with Gasteiger partial charge in [0, 0.05) is 12.6 Å². The molecule has 0 aliphatic rings. The Morgan fingerprint density at radius 3 is 2.70 bits per heavy atom. The van der Waals surface area contributed by atoms with Gasteiger partial charge in [-0.2, -0.15) is 0 Å². The van der Waals surface area contributed by atoms with Crippen LogP contribution in [0.3, 0.4) is 0 Å². The van der Waals surface area contributed by atoms with Crippen LogP contribution in [0.4, 0.5) is 5.82 Å². The van der Waals surface area contributed by atoms with Gasteiger partial charge in [-0.1, -0.05) is 0 Å². The number of unbranched alkanes of at least 4 members (excludes halogenated alkanes) is 1. The first kappa shape index (κ1) is 16.7. The lowest BCUT2D eigenvalue weighted by Gasteiger charge is -2.20. The molecule has 0 bridgehead atoms. The Bertz CT molecular complexity index is 395. The van der Waals surface area contributed by atoms with Crippen LogP contribution in [-0.4, -0.2) is 47.7 Å². The largest absolute Gasteiger partial charge is 0.478 e. The van der Waals surface area contributed by atoms with Crippen LogP contribution in [0.5, 0.6) is 5.88 Å². The summed E-state index contributed by atoms with van der Waals surface area (Å²) in [5, 5.41) is 3.37. The highest BCUT2D eigenvalue weighted by Crippen LogP contribution is 2.20. The van der Waals surface area contributed by atoms with Gasteiger partial charge in [0.2, 0.25) is 5.88 Å². The minimum Gasteiger partial charge on any atom is -0.478 e. The molecule has 0 radical (unpaired) electrons. The Morgan fingerprint density at radius 1 is 1.30 bits per heavy atom. The molecule has 5 nitrogen and oxygen atoms in total. The first-order valence-corrected chi connectivity index (χ1v) is 7.44. The molecule has 1 aromatic heterocycles. The lowest BCUT2D eigenvalue weighted by atomic mass is 10.2. The molecule has 0 aliphatic carbocycles. The Morgan fingerprint density at radius 2 is 2.05 bits per heavy atom. The standard InChI is InChI=1S/C15H28N4O/c1-6-20-15-13(4)14(17-11-18-15)16-9-7-8-10-19(5)12(2)3/h11-12H,6-10H2,1-5H3,(H,16,17,18). The maximum absolute atomic E-state index is 5.46. The second kappa shape index (κ2) is 8.74. The Labute approximate surface area is 122 Å². The van der Waals surface area contributed by atoms with Crippen LogP contribution in [0.25, 0.3) is 0 Å². The molecule has 0 saturated carbocycles. The van der Waals surface area contributed by atoms with Gasteiger partial charge < -0.3 is 15.0 Å². The van der Waals surface area contributed by atoms with Crippen molar-refractivity contribution in [2.24, 2.45) is 0 Å². The maximum Gasteiger partial charge on any atom is 0.221 e. The van der Waals surface area contributed by atoms with Crippen molar-refractivity contribution in [1.82, 2.24) is 14.9 Å². The lowest BCUT2D eigenvalue weighted by Crippen LogP contribution is -2.27. The first-order valence-electron chi connectivity index (χ1n) is 7.44. The van der Waals surface area contributed by atoms with Gasteiger partial charge in [-0.05, 0) is 54.1 Å². The summed E-state index contributed by atoms with van der Waals surface area (Å²) < 4.78 is 5.46. The zero-order valence-corrected chi connectivity index (χ0v) is 13.4. The first-order chi connectivity index (χ1) is 9.56. The van der Waals surface area contributed by atoms with Crippen LogP contribution < -0.4 is 10.1 Å². The fourth-order valence-corrected chi connectivity index (χ4v) is 1.85. The van der Waals surface area contributed by atoms with Gasteiger partial charge in [-0.3, -0.25) is 0 Å². The summed E-state index contributed by atoms with van der Waals surface area (Å²) in [7, 11) is 2.17. The Kier molecular flexibility index (Phi) is 7.30. The van der Waals surface area contributed by atoms with Crippen LogP contribution in [0, 0.1) is 6.92 Å². The van der Waals surface area contributed by atoms with Gasteiger partial charge in [0.25, 0.3) is 0 Å². The lowest BCUT2D eigenvalue weighted by molar-refractivity contribution is 0.269. The molecule has 1 N–H and O–H groups in total. The zero-order chi connectivity index (χ0) is 15.0. The molecule has 1 rings (SSSR count). The molecule has 1 heterocycles. The molecule has 0 aromatic carbocycles. The molecule has 20 heavy (non-hydrogen) atoms. The smallest absolute Gasteiger partial charge is 0.221 e. The van der Waals surface area contributed by atoms with E-state index in [1.165, 1.54) is 6.42 Å². The van der Waals surface area contributed by atoms with Crippen molar-refractivity contribution in [3.8, 4) is 5.88 Å². The molecular weight excluding hydrogens is 252 g/mol. The quantitative estimate of drug-likeness (QED) is 0.705. The zero-order valence-electron chi connectivity index (χ0n) is 13.4. The summed E-state index contributed by atoms with van der Waals surface area (Å²) in [6.07, 6.45) is 3.86. The molecule has 0 spiro atoms. The van der Waals surface area contributed by atoms with Crippen LogP contribution in [0.2, 0.25) is 0 Å². The predicted octanol–water partition coefficient (Wildman–Crippen LogP) is 2.72. The predicted molar refractivity (Wildman–Crippen MR) is 83.4 cm³/mol. The number of ether oxygens (including phenoxy) is 1. The van der Waals surface area contributed by atoms with E-state index in [0.29, 0.717) is 18.5 Å². The molecule has 0 atom stereocenters. The molecule has 0 unspecified atom stereocenters. The van der Waals surface area contributed by atoms with Crippen molar-refractivity contribution >= 4 is 5.82 Å². The van der Waals surface area contributed by atoms with Gasteiger partial charge in [0.1, 0.15) is 12.1 Å². The molecule has 0 fully saturated rings. The third-order valence-corrected chi connectivity index (χ3v) is 3.43. The van der Waals surface area contributed by atoms with Gasteiger partial charge in [-0.15, -0.1) is 0 Å². The number of hydrogen-bond acceptors (Lipinski definition) is 5. The number of aromatic nitrogens is 2. The van der Waals surface area contributed by atoms with E-state index in [0.717, 1.165) is 30.9 Å². The summed E-state index contributed by atoms with van der Waals surface area (Å²) in [4.78, 5) is 10.8. The number of anilines is 1. The van der Waals surface area contributed by atoms with Crippen LogP contribution in [0.1, 0.15) is 39.2 Å². The van der Waals surface area contributed by atoms with Gasteiger partial charge >= 0.3 is 0 Å². The SMILES string of the molecule is CCOc1ncnc(NCCCCN(C)C(C)C)c1C. The summed E-state index contributed by atoms with van der Waals surface area (Å²) >= 11 is 0. The Balaban J connectivity index is 2.33. The third kappa shape index (κ3) is 5.33. The third-order valence-electron chi connectivity index (χ3n) is 3.43. The summed E-state index contributed by atoms with van der Waals surface area (Å²) in [5.74, 6) is 1.55. The average molecular weight is 280 g/mol. The van der Waals surface area contributed by atoms with E-state index in [1.807, 2.05) is 13.8 Å². The van der Waals surface area contributed by atoms with Crippen LogP contribution >= 0.6 is 0 Å². The van der Waals surface area contributed by atoms with Gasteiger partial charge in [-0.25, -0.2) is 9.97 Å². The summed E-state index contributed by atoms with van der Waals surface area (Å²) in [5.41, 5.74) is 0.980. The van der Waals surface area contributed by atoms with Crippen molar-refractivity contribution in [1.29, 1.82) is 0 Å². The van der Waals surface area contributed by atoms with E-state index in [1.54, 1.807) is 6.33 Å². The highest BCUT2D eigenvalue weighted by Gasteiger charge is 2.07. The molecule has 0 amide bonds. The highest BCUT2D eigenvalue weighted by atomic mass is 16.5. The van der Waals surface area contributed by atoms with E-state index >= 15 is 0 Å². The number of rotatable bonds is 9. The van der Waals surface area contributed by atoms with Crippen molar-refractivity contribution in [3.05, 3.63) is 11.9 Å². The molecule has 1 aromatic rings. The minimum absolute atomic E-state index is 0.612. The summed E-state index contributed by atoms with van der Waals surface area (Å²) in [6, 6.07) is 0.612. The number of nitrogens with one attached hydrogen (secondary N) is 1. The van der Waals surface area contributed by atoms with E-state index in [2.05, 4.69) is 41.1 Å².